The van der Waals surface area contributed by atoms with Crippen molar-refractivity contribution in [2.24, 2.45) is 4.99 Å². The highest BCUT2D eigenvalue weighted by atomic mass is 35.5. The van der Waals surface area contributed by atoms with Crippen molar-refractivity contribution in [2.45, 2.75) is 0 Å². The van der Waals surface area contributed by atoms with E-state index in [1.54, 1.807) is 18.6 Å². The number of rotatable bonds is 4. The number of benzene rings is 2. The summed E-state index contributed by atoms with van der Waals surface area (Å²) in [6.07, 6.45) is 7.22. The van der Waals surface area contributed by atoms with Gasteiger partial charge in [0.05, 0.1) is 11.9 Å². The number of hydrogen-bond donors (Lipinski definition) is 0. The van der Waals surface area contributed by atoms with E-state index in [1.165, 1.54) is 0 Å². The van der Waals surface area contributed by atoms with Crippen LogP contribution in [0.4, 0.5) is 5.69 Å². The van der Waals surface area contributed by atoms with Crippen molar-refractivity contribution in [3.8, 4) is 16.9 Å². The van der Waals surface area contributed by atoms with Crippen LogP contribution < -0.4 is 0 Å². The highest BCUT2D eigenvalue weighted by Gasteiger charge is 2.11. The van der Waals surface area contributed by atoms with Gasteiger partial charge in [0.15, 0.2) is 0 Å². The second kappa shape index (κ2) is 7.33. The van der Waals surface area contributed by atoms with Crippen LogP contribution in [0, 0.1) is 0 Å². The predicted molar refractivity (Wildman–Crippen MR) is 106 cm³/mol. The number of pyridine rings is 1. The number of hydrogen-bond acceptors (Lipinski definition) is 3. The smallest absolute Gasteiger partial charge is 0.118 e. The van der Waals surface area contributed by atoms with Crippen LogP contribution in [-0.2, 0) is 0 Å². The molecule has 0 unspecified atom stereocenters. The van der Waals surface area contributed by atoms with Gasteiger partial charge in [-0.15, -0.1) is 0 Å². The van der Waals surface area contributed by atoms with Crippen molar-refractivity contribution < 1.29 is 0 Å². The number of aliphatic imine (C=N–C) groups is 1. The highest BCUT2D eigenvalue weighted by molar-refractivity contribution is 6.30. The third-order valence-corrected chi connectivity index (χ3v) is 4.12. The maximum absolute atomic E-state index is 6.02. The number of nitrogens with zero attached hydrogens (tertiary/aromatic N) is 4. The van der Waals surface area contributed by atoms with E-state index in [9.17, 15) is 0 Å². The van der Waals surface area contributed by atoms with Gasteiger partial charge in [0.1, 0.15) is 11.4 Å². The van der Waals surface area contributed by atoms with Crippen LogP contribution in [-0.4, -0.2) is 21.0 Å². The molecule has 0 aliphatic heterocycles. The Morgan fingerprint density at radius 2 is 1.73 bits per heavy atom. The van der Waals surface area contributed by atoms with Gasteiger partial charge in [0, 0.05) is 34.8 Å². The van der Waals surface area contributed by atoms with Crippen LogP contribution in [0.15, 0.2) is 90.3 Å². The van der Waals surface area contributed by atoms with Crippen LogP contribution in [0.5, 0.6) is 0 Å². The van der Waals surface area contributed by atoms with E-state index in [0.717, 1.165) is 28.2 Å². The van der Waals surface area contributed by atoms with Crippen LogP contribution in [0.1, 0.15) is 5.56 Å². The molecule has 126 valence electrons. The second-order valence-corrected chi connectivity index (χ2v) is 6.13. The molecule has 0 aliphatic rings. The summed E-state index contributed by atoms with van der Waals surface area (Å²) in [4.78, 5) is 8.75. The molecule has 2 aromatic carbocycles. The lowest BCUT2D eigenvalue weighted by Gasteiger charge is -2.00. The largest absolute Gasteiger partial charge is 0.264 e. The molecule has 5 heteroatoms. The summed E-state index contributed by atoms with van der Waals surface area (Å²) in [7, 11) is 0. The maximum Gasteiger partial charge on any atom is 0.118 e. The Morgan fingerprint density at radius 3 is 2.46 bits per heavy atom. The van der Waals surface area contributed by atoms with E-state index >= 15 is 0 Å². The lowest BCUT2D eigenvalue weighted by molar-refractivity contribution is 0.884. The van der Waals surface area contributed by atoms with E-state index < -0.39 is 0 Å². The van der Waals surface area contributed by atoms with Gasteiger partial charge in [-0.25, -0.2) is 4.68 Å². The van der Waals surface area contributed by atoms with Gasteiger partial charge >= 0.3 is 0 Å². The van der Waals surface area contributed by atoms with Gasteiger partial charge in [0.25, 0.3) is 0 Å². The van der Waals surface area contributed by atoms with Crippen molar-refractivity contribution in [1.82, 2.24) is 14.8 Å². The molecule has 0 radical (unpaired) electrons. The SMILES string of the molecule is Clc1ccc(-c2nn(-c3ccccc3)cc2N=Cc2cccnc2)cc1. The third-order valence-electron chi connectivity index (χ3n) is 3.87. The molecule has 4 rings (SSSR count). The van der Waals surface area contributed by atoms with E-state index in [2.05, 4.69) is 9.98 Å². The summed E-state index contributed by atoms with van der Waals surface area (Å²) >= 11 is 6.02. The first-order valence-corrected chi connectivity index (χ1v) is 8.52. The van der Waals surface area contributed by atoms with Gasteiger partial charge in [-0.1, -0.05) is 48.0 Å². The molecular weight excluding hydrogens is 344 g/mol. The van der Waals surface area contributed by atoms with Gasteiger partial charge in [-0.2, -0.15) is 5.10 Å². The fourth-order valence-electron chi connectivity index (χ4n) is 2.58. The Labute approximate surface area is 156 Å². The van der Waals surface area contributed by atoms with Crippen molar-refractivity contribution in [3.63, 3.8) is 0 Å². The first-order chi connectivity index (χ1) is 12.8. The lowest BCUT2D eigenvalue weighted by Crippen LogP contribution is -1.93. The summed E-state index contributed by atoms with van der Waals surface area (Å²) in [5.74, 6) is 0. The normalized spacial score (nSPS) is 11.1. The molecule has 2 aromatic heterocycles. The molecule has 0 bridgehead atoms. The summed E-state index contributed by atoms with van der Waals surface area (Å²) in [6.45, 7) is 0. The summed E-state index contributed by atoms with van der Waals surface area (Å²) in [5.41, 5.74) is 4.45. The molecule has 0 fully saturated rings. The van der Waals surface area contributed by atoms with Crippen LogP contribution >= 0.6 is 11.6 Å². The van der Waals surface area contributed by atoms with E-state index in [0.29, 0.717) is 5.02 Å². The Kier molecular flexibility index (Phi) is 4.58. The molecule has 4 nitrogen and oxygen atoms in total. The molecule has 0 saturated heterocycles. The zero-order chi connectivity index (χ0) is 17.8. The van der Waals surface area contributed by atoms with E-state index in [4.69, 9.17) is 16.7 Å². The highest BCUT2D eigenvalue weighted by Crippen LogP contribution is 2.30. The molecule has 0 aliphatic carbocycles. The third kappa shape index (κ3) is 3.55. The minimum atomic E-state index is 0.691. The molecule has 0 atom stereocenters. The Balaban J connectivity index is 1.79. The Morgan fingerprint density at radius 1 is 0.923 bits per heavy atom. The average Bonchev–Trinajstić information content (AvgIpc) is 3.13. The summed E-state index contributed by atoms with van der Waals surface area (Å²) < 4.78 is 1.83. The van der Waals surface area contributed by atoms with Gasteiger partial charge in [-0.3, -0.25) is 9.98 Å². The van der Waals surface area contributed by atoms with Crippen molar-refractivity contribution in [3.05, 3.63) is 95.9 Å². The first-order valence-electron chi connectivity index (χ1n) is 8.15. The number of aromatic nitrogens is 3. The zero-order valence-corrected chi connectivity index (χ0v) is 14.6. The molecule has 26 heavy (non-hydrogen) atoms. The number of para-hydroxylation sites is 1. The van der Waals surface area contributed by atoms with E-state index in [1.807, 2.05) is 77.6 Å². The quantitative estimate of drug-likeness (QED) is 0.462. The standard InChI is InChI=1S/C21H15ClN4/c22-18-10-8-17(9-11-18)21-20(24-14-16-5-4-12-23-13-16)15-26(25-21)19-6-2-1-3-7-19/h1-15H. The van der Waals surface area contributed by atoms with Gasteiger partial charge < -0.3 is 0 Å². The summed E-state index contributed by atoms with van der Waals surface area (Å²) in [5, 5.41) is 5.43. The average molecular weight is 359 g/mol. The molecule has 0 spiro atoms. The molecule has 0 amide bonds. The fourth-order valence-corrected chi connectivity index (χ4v) is 2.71. The Hall–Kier alpha value is -3.24. The maximum atomic E-state index is 6.02. The zero-order valence-electron chi connectivity index (χ0n) is 13.8. The number of halogens is 1. The Bertz CT molecular complexity index is 1020. The molecule has 0 N–H and O–H groups in total. The minimum Gasteiger partial charge on any atom is -0.264 e. The van der Waals surface area contributed by atoms with E-state index in [-0.39, 0.29) is 0 Å². The molecule has 2 heterocycles. The molecule has 0 saturated carbocycles. The summed E-state index contributed by atoms with van der Waals surface area (Å²) in [6, 6.07) is 21.4. The van der Waals surface area contributed by atoms with Gasteiger partial charge in [-0.05, 0) is 30.3 Å². The lowest BCUT2D eigenvalue weighted by atomic mass is 10.1. The van der Waals surface area contributed by atoms with Crippen molar-refractivity contribution in [1.29, 1.82) is 0 Å². The monoisotopic (exact) mass is 358 g/mol. The predicted octanol–water partition coefficient (Wildman–Crippen LogP) is 5.34. The minimum absolute atomic E-state index is 0.691. The topological polar surface area (TPSA) is 43.1 Å². The second-order valence-electron chi connectivity index (χ2n) is 5.69. The molecule has 4 aromatic rings. The van der Waals surface area contributed by atoms with Crippen molar-refractivity contribution >= 4 is 23.5 Å². The fraction of sp³-hybridized carbons (Fsp3) is 0. The van der Waals surface area contributed by atoms with Crippen LogP contribution in [0.25, 0.3) is 16.9 Å². The van der Waals surface area contributed by atoms with Crippen LogP contribution in [0.3, 0.4) is 0 Å². The van der Waals surface area contributed by atoms with Gasteiger partial charge in [0.2, 0.25) is 0 Å². The first kappa shape index (κ1) is 16.2. The van der Waals surface area contributed by atoms with Crippen molar-refractivity contribution in [2.75, 3.05) is 0 Å². The molecular formula is C21H15ClN4. The van der Waals surface area contributed by atoms with Crippen LogP contribution in [0.2, 0.25) is 5.02 Å².